The van der Waals surface area contributed by atoms with Crippen molar-refractivity contribution >= 4 is 17.3 Å². The minimum Gasteiger partial charge on any atom is -0.455 e. The first-order valence-electron chi connectivity index (χ1n) is 10.0. The summed E-state index contributed by atoms with van der Waals surface area (Å²) >= 11 is 0. The van der Waals surface area contributed by atoms with Crippen LogP contribution in [0.15, 0.2) is 48.5 Å². The molecule has 0 N–H and O–H groups in total. The van der Waals surface area contributed by atoms with Crippen molar-refractivity contribution in [3.63, 3.8) is 0 Å². The highest BCUT2D eigenvalue weighted by Gasteiger charge is 2.58. The Balaban J connectivity index is 1.71. The molecule has 0 spiro atoms. The van der Waals surface area contributed by atoms with Gasteiger partial charge in [0, 0.05) is 18.1 Å². The highest BCUT2D eigenvalue weighted by Crippen LogP contribution is 2.59. The summed E-state index contributed by atoms with van der Waals surface area (Å²) in [5.41, 5.74) is -0.765. The third kappa shape index (κ3) is 3.42. The highest BCUT2D eigenvalue weighted by atomic mass is 16.6. The number of nitro groups is 2. The largest absolute Gasteiger partial charge is 0.455 e. The van der Waals surface area contributed by atoms with E-state index < -0.39 is 32.8 Å². The van der Waals surface area contributed by atoms with Gasteiger partial charge in [-0.05, 0) is 43.1 Å². The Morgan fingerprint density at radius 2 is 1.67 bits per heavy atom. The van der Waals surface area contributed by atoms with Crippen LogP contribution in [0.2, 0.25) is 0 Å². The van der Waals surface area contributed by atoms with Crippen molar-refractivity contribution in [2.24, 2.45) is 11.8 Å². The van der Waals surface area contributed by atoms with Crippen LogP contribution in [0.3, 0.4) is 0 Å². The molecule has 4 rings (SSSR count). The molecule has 8 heteroatoms. The smallest absolute Gasteiger partial charge is 0.339 e. The summed E-state index contributed by atoms with van der Waals surface area (Å²) in [4.78, 5) is 34.0. The summed E-state index contributed by atoms with van der Waals surface area (Å²) in [7, 11) is 0. The molecule has 0 unspecified atom stereocenters. The van der Waals surface area contributed by atoms with Crippen molar-refractivity contribution < 1.29 is 19.4 Å². The summed E-state index contributed by atoms with van der Waals surface area (Å²) < 4.78 is 6.13. The fraction of sp³-hybridized carbons (Fsp3) is 0.409. The van der Waals surface area contributed by atoms with Gasteiger partial charge in [-0.15, -0.1) is 0 Å². The number of carbonyl (C=O) groups is 1. The molecule has 0 aromatic heterocycles. The molecule has 0 saturated heterocycles. The zero-order valence-corrected chi connectivity index (χ0v) is 16.5. The molecule has 2 aliphatic rings. The van der Waals surface area contributed by atoms with Gasteiger partial charge >= 0.3 is 5.97 Å². The Morgan fingerprint density at radius 3 is 2.27 bits per heavy atom. The molecule has 2 fully saturated rings. The van der Waals surface area contributed by atoms with E-state index in [-0.39, 0.29) is 17.4 Å². The van der Waals surface area contributed by atoms with Gasteiger partial charge in [0.1, 0.15) is 5.60 Å². The number of hydrogen-bond donors (Lipinski definition) is 0. The van der Waals surface area contributed by atoms with E-state index in [1.807, 2.05) is 30.3 Å². The van der Waals surface area contributed by atoms with E-state index in [2.05, 4.69) is 6.92 Å². The van der Waals surface area contributed by atoms with E-state index in [0.29, 0.717) is 12.3 Å². The van der Waals surface area contributed by atoms with Crippen LogP contribution in [0.25, 0.3) is 0 Å². The third-order valence-corrected chi connectivity index (χ3v) is 6.48. The molecule has 4 atom stereocenters. The molecule has 8 nitrogen and oxygen atoms in total. The quantitative estimate of drug-likeness (QED) is 0.388. The van der Waals surface area contributed by atoms with Crippen LogP contribution >= 0.6 is 0 Å². The summed E-state index contributed by atoms with van der Waals surface area (Å²) in [6.45, 7) is 2.13. The topological polar surface area (TPSA) is 113 Å². The lowest BCUT2D eigenvalue weighted by atomic mass is 9.81. The minimum absolute atomic E-state index is 0.0336. The molecule has 2 aliphatic carbocycles. The molecule has 156 valence electrons. The lowest BCUT2D eigenvalue weighted by Gasteiger charge is -2.36. The maximum atomic E-state index is 13.1. The number of hydrogen-bond acceptors (Lipinski definition) is 6. The molecular weight excluding hydrogens is 388 g/mol. The number of esters is 1. The fourth-order valence-electron chi connectivity index (χ4n) is 5.37. The highest BCUT2D eigenvalue weighted by molar-refractivity contribution is 5.91. The summed E-state index contributed by atoms with van der Waals surface area (Å²) in [6.07, 6.45) is 3.49. The van der Waals surface area contributed by atoms with Gasteiger partial charge in [0.15, 0.2) is 0 Å². The number of benzene rings is 2. The van der Waals surface area contributed by atoms with E-state index in [9.17, 15) is 25.0 Å². The standard InChI is InChI=1S/C22H22N2O6/c1-14-9-17-7-8-20(15-5-3-2-4-6-15)22(17,13-14)30-21(25)16-10-18(23(26)27)12-19(11-16)24(28)29/h2-6,10-12,14,17,20H,7-9,13H2,1H3/t14-,17-,20-,22-/m1/s1. The minimum atomic E-state index is -0.747. The van der Waals surface area contributed by atoms with E-state index in [1.54, 1.807) is 0 Å². The lowest BCUT2D eigenvalue weighted by molar-refractivity contribution is -0.394. The summed E-state index contributed by atoms with van der Waals surface area (Å²) in [5.74, 6) is -0.126. The van der Waals surface area contributed by atoms with E-state index >= 15 is 0 Å². The van der Waals surface area contributed by atoms with Crippen molar-refractivity contribution in [3.8, 4) is 0 Å². The first-order chi connectivity index (χ1) is 14.3. The molecule has 0 aliphatic heterocycles. The lowest BCUT2D eigenvalue weighted by Crippen LogP contribution is -2.40. The monoisotopic (exact) mass is 410 g/mol. The van der Waals surface area contributed by atoms with Crippen LogP contribution in [-0.4, -0.2) is 21.4 Å². The van der Waals surface area contributed by atoms with Crippen LogP contribution in [0, 0.1) is 32.1 Å². The number of fused-ring (bicyclic) bond motifs is 1. The second-order valence-corrected chi connectivity index (χ2v) is 8.38. The van der Waals surface area contributed by atoms with Gasteiger partial charge in [-0.1, -0.05) is 37.3 Å². The van der Waals surface area contributed by atoms with Crippen molar-refractivity contribution in [3.05, 3.63) is 79.9 Å². The van der Waals surface area contributed by atoms with Gasteiger partial charge in [-0.25, -0.2) is 4.79 Å². The SMILES string of the molecule is C[C@@H]1C[C@H]2CC[C@H](c3ccccc3)[C@@]2(OC(=O)c2cc([N+](=O)[O-])cc([N+](=O)[O-])c2)C1. The van der Waals surface area contributed by atoms with Gasteiger partial charge in [0.2, 0.25) is 0 Å². The van der Waals surface area contributed by atoms with Crippen molar-refractivity contribution in [2.45, 2.75) is 44.1 Å². The summed E-state index contributed by atoms with van der Waals surface area (Å²) in [6, 6.07) is 12.9. The molecule has 0 amide bonds. The van der Waals surface area contributed by atoms with Gasteiger partial charge in [-0.3, -0.25) is 20.2 Å². The zero-order valence-electron chi connectivity index (χ0n) is 16.5. The predicted octanol–water partition coefficient (Wildman–Crippen LogP) is 5.02. The first kappa shape index (κ1) is 20.0. The van der Waals surface area contributed by atoms with Gasteiger partial charge in [0.25, 0.3) is 11.4 Å². The van der Waals surface area contributed by atoms with Crippen molar-refractivity contribution in [2.75, 3.05) is 0 Å². The Bertz CT molecular complexity index is 976. The summed E-state index contributed by atoms with van der Waals surface area (Å²) in [5, 5.41) is 22.4. The van der Waals surface area contributed by atoms with Crippen LogP contribution in [-0.2, 0) is 4.74 Å². The van der Waals surface area contributed by atoms with E-state index in [4.69, 9.17) is 4.74 Å². The molecule has 2 saturated carbocycles. The van der Waals surface area contributed by atoms with Gasteiger partial charge < -0.3 is 4.74 Å². The van der Waals surface area contributed by atoms with Crippen LogP contribution in [0.1, 0.15) is 54.4 Å². The average Bonchev–Trinajstić information content (AvgIpc) is 3.21. The van der Waals surface area contributed by atoms with Gasteiger partial charge in [0.05, 0.1) is 21.5 Å². The number of rotatable bonds is 5. The van der Waals surface area contributed by atoms with Crippen molar-refractivity contribution in [1.29, 1.82) is 0 Å². The normalized spacial score (nSPS) is 27.4. The predicted molar refractivity (Wildman–Crippen MR) is 108 cm³/mol. The Kier molecular flexibility index (Phi) is 5.01. The molecule has 30 heavy (non-hydrogen) atoms. The molecule has 2 aromatic rings. The van der Waals surface area contributed by atoms with E-state index in [0.717, 1.165) is 43.0 Å². The average molecular weight is 410 g/mol. The number of nitrogens with zero attached hydrogens (tertiary/aromatic N) is 2. The number of non-ortho nitro benzene ring substituents is 2. The Morgan fingerprint density at radius 1 is 1.03 bits per heavy atom. The van der Waals surface area contributed by atoms with Crippen LogP contribution in [0.5, 0.6) is 0 Å². The van der Waals surface area contributed by atoms with Crippen LogP contribution in [0.4, 0.5) is 11.4 Å². The Hall–Kier alpha value is -3.29. The van der Waals surface area contributed by atoms with E-state index in [1.165, 1.54) is 0 Å². The number of nitro benzene ring substituents is 2. The first-order valence-corrected chi connectivity index (χ1v) is 10.0. The molecule has 0 heterocycles. The maximum Gasteiger partial charge on any atom is 0.339 e. The fourth-order valence-corrected chi connectivity index (χ4v) is 5.37. The molecule has 0 radical (unpaired) electrons. The second kappa shape index (κ2) is 7.51. The second-order valence-electron chi connectivity index (χ2n) is 8.38. The molecule has 2 aromatic carbocycles. The number of carbonyl (C=O) groups excluding carboxylic acids is 1. The third-order valence-electron chi connectivity index (χ3n) is 6.48. The zero-order chi connectivity index (χ0) is 21.5. The molecular formula is C22H22N2O6. The van der Waals surface area contributed by atoms with Gasteiger partial charge in [-0.2, -0.15) is 0 Å². The maximum absolute atomic E-state index is 13.1. The van der Waals surface area contributed by atoms with Crippen molar-refractivity contribution in [1.82, 2.24) is 0 Å². The Labute approximate surface area is 173 Å². The number of ether oxygens (including phenoxy) is 1. The van der Waals surface area contributed by atoms with Crippen LogP contribution < -0.4 is 0 Å². The molecule has 0 bridgehead atoms.